The molecular formula is C22H17N3O5S. The second-order valence-corrected chi connectivity index (χ2v) is 8.20. The Labute approximate surface area is 181 Å². The minimum atomic E-state index is -0.967. The second kappa shape index (κ2) is 7.77. The molecule has 0 bridgehead atoms. The highest BCUT2D eigenvalue weighted by molar-refractivity contribution is 7.16. The van der Waals surface area contributed by atoms with Crippen molar-refractivity contribution in [2.24, 2.45) is 0 Å². The standard InChI is InChI=1S/C22H17N3O5S/c1-12-13(2)31-22(23-12)24-18(14-8-10-16(11-9-14)25(29)30)17(20(27)21(24)28)19(26)15-6-4-3-5-7-15/h3-11,18,26H,1-2H3/b19-17+/t18-/m0/s1. The maximum absolute atomic E-state index is 13.0. The first-order valence-electron chi connectivity index (χ1n) is 9.34. The van der Waals surface area contributed by atoms with Gasteiger partial charge in [0, 0.05) is 22.6 Å². The summed E-state index contributed by atoms with van der Waals surface area (Å²) >= 11 is 1.26. The van der Waals surface area contributed by atoms with Crippen LogP contribution in [0.1, 0.15) is 27.7 Å². The molecule has 1 amide bonds. The summed E-state index contributed by atoms with van der Waals surface area (Å²) in [4.78, 5) is 43.1. The molecule has 4 rings (SSSR count). The van der Waals surface area contributed by atoms with Crippen LogP contribution in [0.2, 0.25) is 0 Å². The Morgan fingerprint density at radius 1 is 1.10 bits per heavy atom. The number of nitro benzene ring substituents is 1. The van der Waals surface area contributed by atoms with Gasteiger partial charge in [-0.15, -0.1) is 11.3 Å². The number of amides is 1. The molecule has 0 saturated carbocycles. The highest BCUT2D eigenvalue weighted by Crippen LogP contribution is 2.43. The SMILES string of the molecule is Cc1nc(N2C(=O)C(=O)/C(=C(/O)c3ccccc3)[C@@H]2c2ccc([N+](=O)[O-])cc2)sc1C. The molecule has 2 aromatic carbocycles. The number of anilines is 1. The molecule has 0 spiro atoms. The topological polar surface area (TPSA) is 114 Å². The molecule has 1 aliphatic heterocycles. The van der Waals surface area contributed by atoms with Crippen LogP contribution in [-0.2, 0) is 9.59 Å². The number of Topliss-reactive ketones (excluding diaryl/α,β-unsaturated/α-hetero) is 1. The fourth-order valence-electron chi connectivity index (χ4n) is 3.43. The van der Waals surface area contributed by atoms with Crippen LogP contribution in [0.25, 0.3) is 5.76 Å². The molecule has 1 saturated heterocycles. The lowest BCUT2D eigenvalue weighted by Gasteiger charge is -2.22. The summed E-state index contributed by atoms with van der Waals surface area (Å²) in [6.07, 6.45) is 0. The lowest BCUT2D eigenvalue weighted by atomic mass is 9.95. The number of hydrogen-bond donors (Lipinski definition) is 1. The highest BCUT2D eigenvalue weighted by Gasteiger charge is 2.48. The van der Waals surface area contributed by atoms with Gasteiger partial charge in [0.25, 0.3) is 11.5 Å². The van der Waals surface area contributed by atoms with Crippen molar-refractivity contribution in [3.05, 3.63) is 92.0 Å². The third kappa shape index (κ3) is 3.49. The van der Waals surface area contributed by atoms with E-state index < -0.39 is 22.7 Å². The van der Waals surface area contributed by atoms with Crippen molar-refractivity contribution < 1.29 is 19.6 Å². The molecule has 1 fully saturated rings. The Bertz CT molecular complexity index is 1210. The molecule has 1 N–H and O–H groups in total. The van der Waals surface area contributed by atoms with E-state index in [1.807, 2.05) is 6.92 Å². The van der Waals surface area contributed by atoms with Gasteiger partial charge >= 0.3 is 5.91 Å². The van der Waals surface area contributed by atoms with E-state index in [9.17, 15) is 24.8 Å². The third-order valence-corrected chi connectivity index (χ3v) is 6.21. The number of non-ortho nitro benzene ring substituents is 1. The summed E-state index contributed by atoms with van der Waals surface area (Å²) in [5.74, 6) is -1.96. The van der Waals surface area contributed by atoms with Gasteiger partial charge in [-0.3, -0.25) is 24.6 Å². The lowest BCUT2D eigenvalue weighted by Crippen LogP contribution is -2.29. The van der Waals surface area contributed by atoms with Gasteiger partial charge in [-0.25, -0.2) is 4.98 Å². The number of hydrogen-bond acceptors (Lipinski definition) is 7. The van der Waals surface area contributed by atoms with Crippen LogP contribution in [-0.4, -0.2) is 26.7 Å². The van der Waals surface area contributed by atoms with Gasteiger partial charge in [0.2, 0.25) is 0 Å². The number of aromatic nitrogens is 1. The number of ketones is 1. The van der Waals surface area contributed by atoms with Crippen molar-refractivity contribution in [3.8, 4) is 0 Å². The Morgan fingerprint density at radius 2 is 1.74 bits per heavy atom. The number of nitrogens with zero attached hydrogens (tertiary/aromatic N) is 3. The number of aliphatic hydroxyl groups is 1. The fourth-order valence-corrected chi connectivity index (χ4v) is 4.37. The molecule has 1 aliphatic rings. The van der Waals surface area contributed by atoms with Gasteiger partial charge in [-0.1, -0.05) is 30.3 Å². The summed E-state index contributed by atoms with van der Waals surface area (Å²) in [6, 6.07) is 13.0. The van der Waals surface area contributed by atoms with Crippen molar-refractivity contribution in [2.75, 3.05) is 4.90 Å². The van der Waals surface area contributed by atoms with Gasteiger partial charge in [0.1, 0.15) is 5.76 Å². The lowest BCUT2D eigenvalue weighted by molar-refractivity contribution is -0.384. The van der Waals surface area contributed by atoms with Crippen molar-refractivity contribution in [2.45, 2.75) is 19.9 Å². The monoisotopic (exact) mass is 435 g/mol. The fraction of sp³-hybridized carbons (Fsp3) is 0.136. The van der Waals surface area contributed by atoms with Crippen LogP contribution >= 0.6 is 11.3 Å². The van der Waals surface area contributed by atoms with Crippen LogP contribution in [0.5, 0.6) is 0 Å². The molecule has 1 atom stereocenters. The number of aliphatic hydroxyl groups excluding tert-OH is 1. The molecule has 0 aliphatic carbocycles. The van der Waals surface area contributed by atoms with Gasteiger partial charge in [-0.05, 0) is 31.5 Å². The van der Waals surface area contributed by atoms with Crippen molar-refractivity contribution >= 4 is 39.6 Å². The number of carbonyl (C=O) groups is 2. The number of rotatable bonds is 4. The van der Waals surface area contributed by atoms with Crippen molar-refractivity contribution in [1.82, 2.24) is 4.98 Å². The summed E-state index contributed by atoms with van der Waals surface area (Å²) in [5, 5.41) is 22.3. The minimum absolute atomic E-state index is 0.0874. The van der Waals surface area contributed by atoms with Gasteiger partial charge in [-0.2, -0.15) is 0 Å². The number of benzene rings is 2. The molecule has 156 valence electrons. The molecule has 0 radical (unpaired) electrons. The van der Waals surface area contributed by atoms with E-state index in [1.165, 1.54) is 40.5 Å². The molecule has 9 heteroatoms. The Kier molecular flexibility index (Phi) is 5.12. The first kappa shape index (κ1) is 20.4. The maximum atomic E-state index is 13.0. The molecule has 8 nitrogen and oxygen atoms in total. The summed E-state index contributed by atoms with van der Waals surface area (Å²) < 4.78 is 0. The molecular weight excluding hydrogens is 418 g/mol. The van der Waals surface area contributed by atoms with E-state index in [0.29, 0.717) is 16.3 Å². The first-order chi connectivity index (χ1) is 14.8. The molecule has 31 heavy (non-hydrogen) atoms. The normalized spacial score (nSPS) is 17.9. The van der Waals surface area contributed by atoms with Crippen LogP contribution in [0.15, 0.2) is 60.2 Å². The number of thiazole rings is 1. The van der Waals surface area contributed by atoms with Gasteiger partial charge in [0.15, 0.2) is 5.13 Å². The van der Waals surface area contributed by atoms with E-state index in [0.717, 1.165) is 10.6 Å². The summed E-state index contributed by atoms with van der Waals surface area (Å²) in [5.41, 5.74) is 1.36. The van der Waals surface area contributed by atoms with E-state index >= 15 is 0 Å². The Balaban J connectivity index is 1.94. The zero-order valence-corrected chi connectivity index (χ0v) is 17.4. The molecule has 1 aromatic heterocycles. The first-order valence-corrected chi connectivity index (χ1v) is 10.2. The van der Waals surface area contributed by atoms with Gasteiger partial charge in [0.05, 0.1) is 22.2 Å². The predicted octanol–water partition coefficient (Wildman–Crippen LogP) is 4.29. The summed E-state index contributed by atoms with van der Waals surface area (Å²) in [6.45, 7) is 3.66. The number of carbonyl (C=O) groups excluding carboxylic acids is 2. The minimum Gasteiger partial charge on any atom is -0.507 e. The Morgan fingerprint density at radius 3 is 2.29 bits per heavy atom. The van der Waals surface area contributed by atoms with Crippen LogP contribution < -0.4 is 4.90 Å². The highest BCUT2D eigenvalue weighted by atomic mass is 32.1. The quantitative estimate of drug-likeness (QED) is 0.215. The Hall–Kier alpha value is -3.85. The molecule has 3 aromatic rings. The largest absolute Gasteiger partial charge is 0.507 e. The van der Waals surface area contributed by atoms with E-state index in [4.69, 9.17) is 0 Å². The zero-order chi connectivity index (χ0) is 22.3. The molecule has 2 heterocycles. The van der Waals surface area contributed by atoms with Gasteiger partial charge < -0.3 is 5.11 Å². The summed E-state index contributed by atoms with van der Waals surface area (Å²) in [7, 11) is 0. The van der Waals surface area contributed by atoms with Crippen LogP contribution in [0, 0.1) is 24.0 Å². The predicted molar refractivity (Wildman–Crippen MR) is 116 cm³/mol. The smallest absolute Gasteiger partial charge is 0.301 e. The number of aryl methyl sites for hydroxylation is 2. The van der Waals surface area contributed by atoms with Crippen molar-refractivity contribution in [1.29, 1.82) is 0 Å². The van der Waals surface area contributed by atoms with Crippen molar-refractivity contribution in [3.63, 3.8) is 0 Å². The zero-order valence-electron chi connectivity index (χ0n) is 16.6. The average Bonchev–Trinajstić information content (AvgIpc) is 3.23. The number of nitro groups is 1. The average molecular weight is 435 g/mol. The third-order valence-electron chi connectivity index (χ3n) is 5.13. The van der Waals surface area contributed by atoms with Crippen LogP contribution in [0.4, 0.5) is 10.8 Å². The maximum Gasteiger partial charge on any atom is 0.301 e. The molecule has 0 unspecified atom stereocenters. The van der Waals surface area contributed by atoms with Crippen LogP contribution in [0.3, 0.4) is 0 Å². The van der Waals surface area contributed by atoms with E-state index in [2.05, 4.69) is 4.98 Å². The van der Waals surface area contributed by atoms with E-state index in [1.54, 1.807) is 37.3 Å². The van der Waals surface area contributed by atoms with E-state index in [-0.39, 0.29) is 17.0 Å². The second-order valence-electron chi connectivity index (χ2n) is 7.02.